The Morgan fingerprint density at radius 2 is 1.79 bits per heavy atom. The van der Waals surface area contributed by atoms with Crippen LogP contribution in [0.1, 0.15) is 18.1 Å². The number of aromatic nitrogens is 1. The number of carbonyl (C=O) groups is 1. The summed E-state index contributed by atoms with van der Waals surface area (Å²) in [7, 11) is -3.66. The van der Waals surface area contributed by atoms with Gasteiger partial charge in [-0.2, -0.15) is 0 Å². The molecule has 0 fully saturated rings. The molecule has 0 saturated carbocycles. The smallest absolute Gasteiger partial charge is 0.243 e. The zero-order chi connectivity index (χ0) is 20.9. The molecular weight excluding hydrogens is 386 g/mol. The Kier molecular flexibility index (Phi) is 6.29. The summed E-state index contributed by atoms with van der Waals surface area (Å²) in [5, 5.41) is 5.80. The fourth-order valence-corrected chi connectivity index (χ4v) is 4.59. The molecule has 3 aromatic rings. The van der Waals surface area contributed by atoms with Crippen LogP contribution in [-0.2, 0) is 21.1 Å². The molecule has 1 heterocycles. The van der Waals surface area contributed by atoms with Gasteiger partial charge in [0.15, 0.2) is 0 Å². The van der Waals surface area contributed by atoms with E-state index in [9.17, 15) is 13.2 Å². The third-order valence-corrected chi connectivity index (χ3v) is 6.35. The van der Waals surface area contributed by atoms with Gasteiger partial charge in [0, 0.05) is 11.9 Å². The Bertz CT molecular complexity index is 1100. The maximum absolute atomic E-state index is 13.1. The van der Waals surface area contributed by atoms with Crippen LogP contribution < -0.4 is 10.6 Å². The molecule has 6 nitrogen and oxygen atoms in total. The third kappa shape index (κ3) is 4.81. The first-order valence-electron chi connectivity index (χ1n) is 9.29. The zero-order valence-corrected chi connectivity index (χ0v) is 17.2. The molecule has 7 heteroatoms. The highest BCUT2D eigenvalue weighted by Gasteiger charge is 2.22. The quantitative estimate of drug-likeness (QED) is 0.619. The van der Waals surface area contributed by atoms with Gasteiger partial charge in [0.25, 0.3) is 0 Å². The molecule has 0 aliphatic rings. The molecule has 0 bridgehead atoms. The lowest BCUT2D eigenvalue weighted by Gasteiger charge is -2.16. The molecule has 150 valence electrons. The summed E-state index contributed by atoms with van der Waals surface area (Å²) in [5.41, 5.74) is 2.88. The fraction of sp³-hybridized carbons (Fsp3) is 0.182. The van der Waals surface area contributed by atoms with Gasteiger partial charge in [-0.05, 0) is 55.3 Å². The predicted molar refractivity (Wildman–Crippen MR) is 114 cm³/mol. The average molecular weight is 410 g/mol. The lowest BCUT2D eigenvalue weighted by molar-refractivity contribution is -0.114. The van der Waals surface area contributed by atoms with E-state index in [-0.39, 0.29) is 22.2 Å². The molecule has 2 N–H and O–H groups in total. The van der Waals surface area contributed by atoms with Gasteiger partial charge in [0.1, 0.15) is 0 Å². The van der Waals surface area contributed by atoms with E-state index >= 15 is 0 Å². The van der Waals surface area contributed by atoms with Crippen molar-refractivity contribution in [3.63, 3.8) is 0 Å². The first-order chi connectivity index (χ1) is 13.9. The van der Waals surface area contributed by atoms with Gasteiger partial charge in [0.2, 0.25) is 15.7 Å². The highest BCUT2D eigenvalue weighted by molar-refractivity contribution is 7.91. The van der Waals surface area contributed by atoms with Crippen LogP contribution in [0, 0.1) is 6.92 Å². The van der Waals surface area contributed by atoms with E-state index in [1.807, 2.05) is 13.8 Å². The first-order valence-corrected chi connectivity index (χ1v) is 10.8. The number of benzene rings is 2. The van der Waals surface area contributed by atoms with Gasteiger partial charge < -0.3 is 10.6 Å². The minimum Gasteiger partial charge on any atom is -0.376 e. The first kappa shape index (κ1) is 20.5. The molecular formula is C22H23N3O3S. The summed E-state index contributed by atoms with van der Waals surface area (Å²) in [6.45, 7) is 3.81. The van der Waals surface area contributed by atoms with E-state index in [4.69, 9.17) is 0 Å². The Morgan fingerprint density at radius 1 is 1.03 bits per heavy atom. The van der Waals surface area contributed by atoms with Crippen molar-refractivity contribution in [1.29, 1.82) is 0 Å². The fourth-order valence-electron chi connectivity index (χ4n) is 3.01. The van der Waals surface area contributed by atoms with Crippen LogP contribution in [0.2, 0.25) is 0 Å². The summed E-state index contributed by atoms with van der Waals surface area (Å²) >= 11 is 0. The van der Waals surface area contributed by atoms with E-state index in [0.717, 1.165) is 5.56 Å². The second-order valence-corrected chi connectivity index (χ2v) is 8.51. The number of aryl methyl sites for hydroxylation is 1. The zero-order valence-electron chi connectivity index (χ0n) is 16.3. The van der Waals surface area contributed by atoms with Crippen molar-refractivity contribution in [2.75, 3.05) is 17.2 Å². The van der Waals surface area contributed by atoms with E-state index in [1.165, 1.54) is 0 Å². The van der Waals surface area contributed by atoms with Crippen LogP contribution in [0.5, 0.6) is 0 Å². The second kappa shape index (κ2) is 8.87. The lowest BCUT2D eigenvalue weighted by atomic mass is 10.1. The number of rotatable bonds is 7. The lowest BCUT2D eigenvalue weighted by Crippen LogP contribution is -2.22. The van der Waals surface area contributed by atoms with E-state index < -0.39 is 9.84 Å². The Morgan fingerprint density at radius 3 is 2.45 bits per heavy atom. The molecule has 0 saturated heterocycles. The number of hydrogen-bond donors (Lipinski definition) is 2. The molecule has 0 aliphatic carbocycles. The molecule has 3 rings (SSSR count). The Hall–Kier alpha value is -3.19. The van der Waals surface area contributed by atoms with Crippen molar-refractivity contribution in [3.8, 4) is 0 Å². The highest BCUT2D eigenvalue weighted by Crippen LogP contribution is 2.29. The van der Waals surface area contributed by atoms with Crippen molar-refractivity contribution < 1.29 is 13.2 Å². The largest absolute Gasteiger partial charge is 0.376 e. The highest BCUT2D eigenvalue weighted by atomic mass is 32.2. The van der Waals surface area contributed by atoms with Crippen LogP contribution in [-0.4, -0.2) is 25.9 Å². The topological polar surface area (TPSA) is 88.2 Å². The maximum atomic E-state index is 13.1. The van der Waals surface area contributed by atoms with Gasteiger partial charge in [0.05, 0.1) is 28.2 Å². The summed E-state index contributed by atoms with van der Waals surface area (Å²) in [5.74, 6) is -0.244. The van der Waals surface area contributed by atoms with Gasteiger partial charge in [-0.1, -0.05) is 30.7 Å². The van der Waals surface area contributed by atoms with Gasteiger partial charge >= 0.3 is 0 Å². The van der Waals surface area contributed by atoms with Crippen LogP contribution in [0.4, 0.5) is 11.4 Å². The minimum absolute atomic E-state index is 0.00985. The van der Waals surface area contributed by atoms with Crippen molar-refractivity contribution in [3.05, 3.63) is 78.1 Å². The average Bonchev–Trinajstić information content (AvgIpc) is 2.73. The van der Waals surface area contributed by atoms with Crippen molar-refractivity contribution in [2.24, 2.45) is 0 Å². The predicted octanol–water partition coefficient (Wildman–Crippen LogP) is 3.84. The van der Waals surface area contributed by atoms with Crippen molar-refractivity contribution >= 4 is 27.1 Å². The SMILES string of the molecule is CCc1c(NCC(=O)Nc2cccnc2)cccc1S(=O)(=O)c1ccc(C)cc1. The molecule has 1 amide bonds. The summed E-state index contributed by atoms with van der Waals surface area (Å²) in [6, 6.07) is 15.3. The van der Waals surface area contributed by atoms with Gasteiger partial charge in [-0.3, -0.25) is 9.78 Å². The number of anilines is 2. The minimum atomic E-state index is -3.66. The number of sulfone groups is 1. The molecule has 0 spiro atoms. The second-order valence-electron chi connectivity index (χ2n) is 6.60. The standard InChI is InChI=1S/C22H23N3O3S/c1-3-19-20(24-15-22(26)25-17-6-5-13-23-14-17)7-4-8-21(19)29(27,28)18-11-9-16(2)10-12-18/h4-14,24H,3,15H2,1-2H3,(H,25,26). The molecule has 0 radical (unpaired) electrons. The third-order valence-electron chi connectivity index (χ3n) is 4.49. The number of nitrogens with zero attached hydrogens (tertiary/aromatic N) is 1. The van der Waals surface area contributed by atoms with Gasteiger partial charge in [-0.25, -0.2) is 8.42 Å². The van der Waals surface area contributed by atoms with E-state index in [2.05, 4.69) is 15.6 Å². The van der Waals surface area contributed by atoms with Crippen molar-refractivity contribution in [1.82, 2.24) is 4.98 Å². The monoisotopic (exact) mass is 409 g/mol. The number of amides is 1. The molecule has 1 aromatic heterocycles. The summed E-state index contributed by atoms with van der Waals surface area (Å²) in [6.07, 6.45) is 3.69. The normalized spacial score (nSPS) is 11.1. The van der Waals surface area contributed by atoms with Crippen LogP contribution >= 0.6 is 0 Å². The van der Waals surface area contributed by atoms with Crippen molar-refractivity contribution in [2.45, 2.75) is 30.1 Å². The van der Waals surface area contributed by atoms with E-state index in [0.29, 0.717) is 23.4 Å². The molecule has 0 atom stereocenters. The van der Waals surface area contributed by atoms with Gasteiger partial charge in [-0.15, -0.1) is 0 Å². The molecule has 0 aliphatic heterocycles. The summed E-state index contributed by atoms with van der Waals surface area (Å²) < 4.78 is 26.3. The van der Waals surface area contributed by atoms with Crippen LogP contribution in [0.15, 0.2) is 76.8 Å². The van der Waals surface area contributed by atoms with E-state index in [1.54, 1.807) is 67.0 Å². The Balaban J connectivity index is 1.82. The number of nitrogens with one attached hydrogen (secondary N) is 2. The molecule has 29 heavy (non-hydrogen) atoms. The molecule has 2 aromatic carbocycles. The number of pyridine rings is 1. The van der Waals surface area contributed by atoms with Crippen LogP contribution in [0.25, 0.3) is 0 Å². The summed E-state index contributed by atoms with van der Waals surface area (Å²) in [4.78, 5) is 16.7. The Labute approximate surface area is 170 Å². The van der Waals surface area contributed by atoms with Crippen LogP contribution in [0.3, 0.4) is 0 Å². The number of hydrogen-bond acceptors (Lipinski definition) is 5. The maximum Gasteiger partial charge on any atom is 0.243 e. The molecule has 0 unspecified atom stereocenters. The number of carbonyl (C=O) groups excluding carboxylic acids is 1.